The maximum atomic E-state index is 13.0. The lowest BCUT2D eigenvalue weighted by atomic mass is 10.1. The molecule has 0 saturated heterocycles. The Morgan fingerprint density at radius 2 is 2.03 bits per heavy atom. The summed E-state index contributed by atoms with van der Waals surface area (Å²) in [6.07, 6.45) is 1.72. The summed E-state index contributed by atoms with van der Waals surface area (Å²) in [5, 5.41) is 8.36. The van der Waals surface area contributed by atoms with Gasteiger partial charge >= 0.3 is 0 Å². The number of amides is 2. The first-order valence-electron chi connectivity index (χ1n) is 9.18. The zero-order valence-electron chi connectivity index (χ0n) is 15.8. The third kappa shape index (κ3) is 3.86. The van der Waals surface area contributed by atoms with E-state index in [2.05, 4.69) is 20.6 Å². The first kappa shape index (κ1) is 19.9. The van der Waals surface area contributed by atoms with E-state index in [0.717, 1.165) is 15.6 Å². The largest absolute Gasteiger partial charge is 0.606 e. The Bertz CT molecular complexity index is 1290. The molecule has 0 bridgehead atoms. The van der Waals surface area contributed by atoms with Gasteiger partial charge < -0.3 is 15.2 Å². The number of carbonyl (C=O) groups excluding carboxylic acids is 2. The molecule has 0 spiro atoms. The molecule has 1 aliphatic rings. The van der Waals surface area contributed by atoms with Crippen LogP contribution in [0.1, 0.15) is 25.6 Å². The number of hydrogen-bond donors (Lipinski definition) is 2. The highest BCUT2D eigenvalue weighted by Gasteiger charge is 2.30. The van der Waals surface area contributed by atoms with Gasteiger partial charge in [-0.15, -0.1) is 22.7 Å². The second-order valence-electron chi connectivity index (χ2n) is 6.62. The molecule has 2 N–H and O–H groups in total. The Hall–Kier alpha value is -3.05. The molecule has 2 aromatic heterocycles. The van der Waals surface area contributed by atoms with Gasteiger partial charge in [-0.1, -0.05) is 12.1 Å². The minimum absolute atomic E-state index is 0.298. The molecule has 0 fully saturated rings. The fourth-order valence-electron chi connectivity index (χ4n) is 3.15. The van der Waals surface area contributed by atoms with Crippen molar-refractivity contribution in [2.24, 2.45) is 0 Å². The van der Waals surface area contributed by atoms with Crippen molar-refractivity contribution in [1.29, 1.82) is 0 Å². The standard InChI is InChI=1S/C21H14N4O3S3/c26-19(22-8-13-9-23-21(30-13)16-10-29-11-24-16)12-5-6-18-15(7-12)25-20(27)14-3-1-2-4-17(14)31(18)28/h1-7,9-11H,8H2,(H,22,26)(H,25,27). The molecule has 0 radical (unpaired) electrons. The summed E-state index contributed by atoms with van der Waals surface area (Å²) < 4.78 is 13.0. The van der Waals surface area contributed by atoms with Crippen LogP contribution in [0.3, 0.4) is 0 Å². The highest BCUT2D eigenvalue weighted by Crippen LogP contribution is 2.34. The summed E-state index contributed by atoms with van der Waals surface area (Å²) in [6, 6.07) is 11.6. The van der Waals surface area contributed by atoms with Crippen LogP contribution in [0, 0.1) is 0 Å². The summed E-state index contributed by atoms with van der Waals surface area (Å²) in [6.45, 7) is 0.321. The average Bonchev–Trinajstić information content (AvgIpc) is 3.47. The fraction of sp³-hybridized carbons (Fsp3) is 0.0476. The lowest BCUT2D eigenvalue weighted by Gasteiger charge is -2.12. The number of hydrogen-bond acceptors (Lipinski definition) is 7. The van der Waals surface area contributed by atoms with Crippen molar-refractivity contribution in [3.63, 3.8) is 0 Å². The monoisotopic (exact) mass is 466 g/mol. The van der Waals surface area contributed by atoms with Gasteiger partial charge in [-0.2, -0.15) is 0 Å². The predicted molar refractivity (Wildman–Crippen MR) is 120 cm³/mol. The first-order chi connectivity index (χ1) is 15.1. The highest BCUT2D eigenvalue weighted by molar-refractivity contribution is 7.91. The van der Waals surface area contributed by atoms with Crippen LogP contribution in [-0.4, -0.2) is 26.3 Å². The topological polar surface area (TPSA) is 107 Å². The van der Waals surface area contributed by atoms with Crippen molar-refractivity contribution in [1.82, 2.24) is 15.3 Å². The number of nitrogens with zero attached hydrogens (tertiary/aromatic N) is 2. The Morgan fingerprint density at radius 3 is 2.87 bits per heavy atom. The van der Waals surface area contributed by atoms with E-state index in [4.69, 9.17) is 0 Å². The van der Waals surface area contributed by atoms with Crippen LogP contribution < -0.4 is 10.6 Å². The van der Waals surface area contributed by atoms with E-state index < -0.39 is 11.2 Å². The minimum atomic E-state index is -1.52. The van der Waals surface area contributed by atoms with Crippen molar-refractivity contribution >= 4 is 51.4 Å². The number of rotatable bonds is 4. The number of carbonyl (C=O) groups is 2. The fourth-order valence-corrected chi connectivity index (χ4v) is 5.88. The van der Waals surface area contributed by atoms with Crippen molar-refractivity contribution in [3.8, 4) is 10.7 Å². The highest BCUT2D eigenvalue weighted by atomic mass is 32.2. The third-order valence-electron chi connectivity index (χ3n) is 4.65. The van der Waals surface area contributed by atoms with Crippen molar-refractivity contribution in [3.05, 3.63) is 75.6 Å². The average molecular weight is 467 g/mol. The molecule has 5 rings (SSSR count). The van der Waals surface area contributed by atoms with Gasteiger partial charge in [0.1, 0.15) is 10.7 Å². The lowest BCUT2D eigenvalue weighted by Crippen LogP contribution is -2.22. The van der Waals surface area contributed by atoms with E-state index in [-0.39, 0.29) is 11.8 Å². The molecule has 0 aliphatic carbocycles. The van der Waals surface area contributed by atoms with Crippen LogP contribution in [-0.2, 0) is 17.7 Å². The van der Waals surface area contributed by atoms with Crippen LogP contribution in [0.25, 0.3) is 10.7 Å². The van der Waals surface area contributed by atoms with E-state index in [1.807, 2.05) is 5.38 Å². The Balaban J connectivity index is 1.33. The molecule has 7 nitrogen and oxygen atoms in total. The number of anilines is 1. The maximum Gasteiger partial charge on any atom is 0.260 e. The van der Waals surface area contributed by atoms with Crippen LogP contribution in [0.15, 0.2) is 69.3 Å². The van der Waals surface area contributed by atoms with Gasteiger partial charge in [-0.05, 0) is 30.3 Å². The zero-order chi connectivity index (χ0) is 21.4. The molecular weight excluding hydrogens is 452 g/mol. The number of aromatic nitrogens is 2. The van der Waals surface area contributed by atoms with E-state index in [9.17, 15) is 14.1 Å². The second kappa shape index (κ2) is 8.23. The molecule has 0 saturated carbocycles. The first-order valence-corrected chi connectivity index (χ1v) is 12.1. The maximum absolute atomic E-state index is 13.0. The molecular formula is C21H14N4O3S3. The molecule has 4 aromatic rings. The van der Waals surface area contributed by atoms with Gasteiger partial charge in [0.15, 0.2) is 9.79 Å². The predicted octanol–water partition coefficient (Wildman–Crippen LogP) is 3.93. The van der Waals surface area contributed by atoms with Gasteiger partial charge in [0.2, 0.25) is 0 Å². The number of thiazole rings is 2. The summed E-state index contributed by atoms with van der Waals surface area (Å²) in [7, 11) is 0. The van der Waals surface area contributed by atoms with Gasteiger partial charge in [-0.3, -0.25) is 9.59 Å². The number of benzene rings is 2. The van der Waals surface area contributed by atoms with Crippen LogP contribution in [0.4, 0.5) is 5.69 Å². The molecule has 1 aliphatic heterocycles. The number of fused-ring (bicyclic) bond motifs is 2. The van der Waals surface area contributed by atoms with Crippen LogP contribution in [0.2, 0.25) is 0 Å². The Morgan fingerprint density at radius 1 is 1.16 bits per heavy atom. The second-order valence-corrected chi connectivity index (χ2v) is 9.87. The van der Waals surface area contributed by atoms with Gasteiger partial charge in [0.05, 0.1) is 23.3 Å². The van der Waals surface area contributed by atoms with Crippen molar-refractivity contribution in [2.75, 3.05) is 5.32 Å². The summed E-state index contributed by atoms with van der Waals surface area (Å²) in [5.74, 6) is -0.646. The molecule has 1 unspecified atom stereocenters. The minimum Gasteiger partial charge on any atom is -0.606 e. The SMILES string of the molecule is O=C(NCc1cnc(-c2cscn2)s1)c1ccc2c(c1)NC(=O)c1ccccc1[S+]2[O-]. The third-order valence-corrected chi connectivity index (χ3v) is 7.77. The van der Waals surface area contributed by atoms with Crippen molar-refractivity contribution in [2.45, 2.75) is 16.3 Å². The molecule has 3 heterocycles. The van der Waals surface area contributed by atoms with E-state index in [0.29, 0.717) is 33.2 Å². The van der Waals surface area contributed by atoms with Gasteiger partial charge in [0, 0.05) is 33.2 Å². The van der Waals surface area contributed by atoms with Crippen LogP contribution in [0.5, 0.6) is 0 Å². The normalized spacial score (nSPS) is 14.9. The molecule has 2 aromatic carbocycles. The number of nitrogens with one attached hydrogen (secondary N) is 2. The Labute approximate surface area is 188 Å². The zero-order valence-corrected chi connectivity index (χ0v) is 18.3. The lowest BCUT2D eigenvalue weighted by molar-refractivity contribution is 0.0949. The van der Waals surface area contributed by atoms with E-state index >= 15 is 0 Å². The van der Waals surface area contributed by atoms with E-state index in [1.54, 1.807) is 54.2 Å². The molecule has 1 atom stereocenters. The Kier molecular flexibility index (Phi) is 5.28. The van der Waals surface area contributed by atoms with Crippen LogP contribution >= 0.6 is 22.7 Å². The van der Waals surface area contributed by atoms with E-state index in [1.165, 1.54) is 22.7 Å². The molecule has 10 heteroatoms. The molecule has 154 valence electrons. The smallest absolute Gasteiger partial charge is 0.260 e. The van der Waals surface area contributed by atoms with Gasteiger partial charge in [-0.25, -0.2) is 9.97 Å². The van der Waals surface area contributed by atoms with Crippen molar-refractivity contribution < 1.29 is 14.1 Å². The molecule has 31 heavy (non-hydrogen) atoms. The quantitative estimate of drug-likeness (QED) is 0.443. The molecule has 2 amide bonds. The summed E-state index contributed by atoms with van der Waals surface area (Å²) >= 11 is 1.45. The summed E-state index contributed by atoms with van der Waals surface area (Å²) in [4.78, 5) is 35.6. The summed E-state index contributed by atoms with van der Waals surface area (Å²) in [5.41, 5.74) is 3.68. The van der Waals surface area contributed by atoms with Gasteiger partial charge in [0.25, 0.3) is 11.8 Å².